The third kappa shape index (κ3) is 3.82. The molecule has 2 atom stereocenters. The van der Waals surface area contributed by atoms with E-state index in [0.717, 1.165) is 32.5 Å². The Bertz CT molecular complexity index is 330. The molecule has 1 aliphatic carbocycles. The summed E-state index contributed by atoms with van der Waals surface area (Å²) in [6.07, 6.45) is 10.3. The zero-order valence-electron chi connectivity index (χ0n) is 12.4. The molecule has 3 nitrogen and oxygen atoms in total. The van der Waals surface area contributed by atoms with Crippen molar-refractivity contribution in [2.75, 3.05) is 19.6 Å². The molecule has 19 heavy (non-hydrogen) atoms. The second-order valence-electron chi connectivity index (χ2n) is 6.63. The smallest absolute Gasteiger partial charge is 0.225 e. The first-order chi connectivity index (χ1) is 9.10. The van der Waals surface area contributed by atoms with E-state index in [-0.39, 0.29) is 11.3 Å². The minimum Gasteiger partial charge on any atom is -0.355 e. The van der Waals surface area contributed by atoms with Gasteiger partial charge in [0.1, 0.15) is 0 Å². The summed E-state index contributed by atoms with van der Waals surface area (Å²) in [6, 6.07) is 0. The quantitative estimate of drug-likeness (QED) is 0.766. The fraction of sp³-hybridized carbons (Fsp3) is 0.812. The number of piperidine rings is 1. The van der Waals surface area contributed by atoms with Gasteiger partial charge in [-0.1, -0.05) is 26.0 Å². The standard InChI is InChI=1S/C16H28N2O/c1-16(2,14-9-6-10-17-12-14)15(19)18-11-13-7-4-3-5-8-13/h3-4,13-14,17H,5-12H2,1-2H3,(H,18,19). The number of hydrogen-bond acceptors (Lipinski definition) is 2. The van der Waals surface area contributed by atoms with Gasteiger partial charge in [-0.3, -0.25) is 4.79 Å². The predicted octanol–water partition coefficient (Wildman–Crippen LogP) is 2.48. The van der Waals surface area contributed by atoms with Crippen molar-refractivity contribution >= 4 is 5.91 Å². The van der Waals surface area contributed by atoms with Crippen LogP contribution in [0, 0.1) is 17.3 Å². The highest BCUT2D eigenvalue weighted by molar-refractivity contribution is 5.82. The van der Waals surface area contributed by atoms with E-state index in [1.807, 2.05) is 0 Å². The average Bonchev–Trinajstić information content (AvgIpc) is 2.46. The molecule has 0 aromatic carbocycles. The summed E-state index contributed by atoms with van der Waals surface area (Å²) in [5.41, 5.74) is -0.252. The molecule has 1 amide bonds. The molecule has 3 heteroatoms. The Morgan fingerprint density at radius 2 is 2.21 bits per heavy atom. The first-order valence-corrected chi connectivity index (χ1v) is 7.74. The Morgan fingerprint density at radius 1 is 1.37 bits per heavy atom. The first kappa shape index (κ1) is 14.6. The van der Waals surface area contributed by atoms with E-state index in [9.17, 15) is 4.79 Å². The van der Waals surface area contributed by atoms with E-state index in [2.05, 4.69) is 36.6 Å². The van der Waals surface area contributed by atoms with Gasteiger partial charge in [0, 0.05) is 12.0 Å². The van der Waals surface area contributed by atoms with Crippen molar-refractivity contribution in [2.45, 2.75) is 46.0 Å². The van der Waals surface area contributed by atoms with Crippen molar-refractivity contribution in [3.8, 4) is 0 Å². The third-order valence-corrected chi connectivity index (χ3v) is 4.83. The third-order valence-electron chi connectivity index (χ3n) is 4.83. The molecule has 2 unspecified atom stereocenters. The van der Waals surface area contributed by atoms with E-state index >= 15 is 0 Å². The second-order valence-corrected chi connectivity index (χ2v) is 6.63. The van der Waals surface area contributed by atoms with Gasteiger partial charge >= 0.3 is 0 Å². The predicted molar refractivity (Wildman–Crippen MR) is 78.9 cm³/mol. The molecule has 0 aromatic heterocycles. The second kappa shape index (κ2) is 6.56. The van der Waals surface area contributed by atoms with Gasteiger partial charge in [0.25, 0.3) is 0 Å². The molecule has 1 saturated heterocycles. The summed E-state index contributed by atoms with van der Waals surface area (Å²) in [5, 5.41) is 6.60. The Morgan fingerprint density at radius 3 is 2.84 bits per heavy atom. The number of amides is 1. The van der Waals surface area contributed by atoms with Crippen LogP contribution in [0.2, 0.25) is 0 Å². The minimum absolute atomic E-state index is 0.232. The van der Waals surface area contributed by atoms with Crippen molar-refractivity contribution in [3.05, 3.63) is 12.2 Å². The van der Waals surface area contributed by atoms with Gasteiger partial charge in [-0.15, -0.1) is 0 Å². The van der Waals surface area contributed by atoms with Crippen molar-refractivity contribution in [3.63, 3.8) is 0 Å². The highest BCUT2D eigenvalue weighted by Gasteiger charge is 2.37. The lowest BCUT2D eigenvalue weighted by Crippen LogP contribution is -2.48. The topological polar surface area (TPSA) is 41.1 Å². The van der Waals surface area contributed by atoms with Crippen LogP contribution in [-0.2, 0) is 4.79 Å². The minimum atomic E-state index is -0.252. The zero-order chi connectivity index (χ0) is 13.7. The maximum absolute atomic E-state index is 12.4. The molecule has 1 aliphatic heterocycles. The summed E-state index contributed by atoms with van der Waals surface area (Å²) in [5.74, 6) is 1.33. The average molecular weight is 264 g/mol. The largest absolute Gasteiger partial charge is 0.355 e. The fourth-order valence-electron chi connectivity index (χ4n) is 3.16. The Labute approximate surface area is 117 Å². The van der Waals surface area contributed by atoms with Crippen LogP contribution in [-0.4, -0.2) is 25.5 Å². The normalized spacial score (nSPS) is 28.1. The van der Waals surface area contributed by atoms with Gasteiger partial charge in [0.2, 0.25) is 5.91 Å². The molecule has 0 saturated carbocycles. The zero-order valence-corrected chi connectivity index (χ0v) is 12.4. The van der Waals surface area contributed by atoms with E-state index in [4.69, 9.17) is 0 Å². The van der Waals surface area contributed by atoms with Gasteiger partial charge < -0.3 is 10.6 Å². The van der Waals surface area contributed by atoms with Crippen LogP contribution < -0.4 is 10.6 Å². The van der Waals surface area contributed by atoms with Gasteiger partial charge in [-0.05, 0) is 57.0 Å². The van der Waals surface area contributed by atoms with E-state index in [0.29, 0.717) is 11.8 Å². The highest BCUT2D eigenvalue weighted by atomic mass is 16.2. The molecule has 0 bridgehead atoms. The maximum atomic E-state index is 12.4. The Kier molecular flexibility index (Phi) is 5.03. The van der Waals surface area contributed by atoms with Crippen molar-refractivity contribution in [1.82, 2.24) is 10.6 Å². The molecule has 0 spiro atoms. The molecule has 108 valence electrons. The lowest BCUT2D eigenvalue weighted by Gasteiger charge is -2.36. The first-order valence-electron chi connectivity index (χ1n) is 7.74. The number of hydrogen-bond donors (Lipinski definition) is 2. The number of carbonyl (C=O) groups excluding carboxylic acids is 1. The van der Waals surface area contributed by atoms with E-state index < -0.39 is 0 Å². The van der Waals surface area contributed by atoms with Crippen LogP contribution in [0.5, 0.6) is 0 Å². The number of allylic oxidation sites excluding steroid dienone is 2. The van der Waals surface area contributed by atoms with Gasteiger partial charge in [-0.2, -0.15) is 0 Å². The fourth-order valence-corrected chi connectivity index (χ4v) is 3.16. The number of nitrogens with one attached hydrogen (secondary N) is 2. The van der Waals surface area contributed by atoms with Gasteiger partial charge in [0.15, 0.2) is 0 Å². The van der Waals surface area contributed by atoms with Crippen LogP contribution in [0.25, 0.3) is 0 Å². The molecular formula is C16H28N2O. The van der Waals surface area contributed by atoms with Gasteiger partial charge in [0.05, 0.1) is 0 Å². The number of rotatable bonds is 4. The number of carbonyl (C=O) groups is 1. The van der Waals surface area contributed by atoms with Gasteiger partial charge in [-0.25, -0.2) is 0 Å². The summed E-state index contributed by atoms with van der Waals surface area (Å²) >= 11 is 0. The molecule has 1 heterocycles. The molecule has 0 aromatic rings. The van der Waals surface area contributed by atoms with Crippen LogP contribution in [0.3, 0.4) is 0 Å². The molecule has 2 rings (SSSR count). The Balaban J connectivity index is 1.81. The SMILES string of the molecule is CC(C)(C(=O)NCC1CC=CCC1)C1CCCNC1. The van der Waals surface area contributed by atoms with Crippen molar-refractivity contribution in [2.24, 2.45) is 17.3 Å². The van der Waals surface area contributed by atoms with Crippen LogP contribution >= 0.6 is 0 Å². The van der Waals surface area contributed by atoms with Crippen molar-refractivity contribution in [1.29, 1.82) is 0 Å². The lowest BCUT2D eigenvalue weighted by atomic mass is 9.74. The summed E-state index contributed by atoms with van der Waals surface area (Å²) in [7, 11) is 0. The molecule has 0 radical (unpaired) electrons. The molecule has 1 fully saturated rings. The van der Waals surface area contributed by atoms with Crippen LogP contribution in [0.4, 0.5) is 0 Å². The van der Waals surface area contributed by atoms with E-state index in [1.54, 1.807) is 0 Å². The summed E-state index contributed by atoms with van der Waals surface area (Å²) in [4.78, 5) is 12.4. The summed E-state index contributed by atoms with van der Waals surface area (Å²) < 4.78 is 0. The summed E-state index contributed by atoms with van der Waals surface area (Å²) in [6.45, 7) is 7.11. The van der Waals surface area contributed by atoms with Crippen molar-refractivity contribution < 1.29 is 4.79 Å². The van der Waals surface area contributed by atoms with Crippen LogP contribution in [0.1, 0.15) is 46.0 Å². The molecule has 2 N–H and O–H groups in total. The molecule has 2 aliphatic rings. The maximum Gasteiger partial charge on any atom is 0.225 e. The lowest BCUT2D eigenvalue weighted by molar-refractivity contribution is -0.132. The Hall–Kier alpha value is -0.830. The molecular weight excluding hydrogens is 236 g/mol. The van der Waals surface area contributed by atoms with E-state index in [1.165, 1.54) is 19.3 Å². The monoisotopic (exact) mass is 264 g/mol. The highest BCUT2D eigenvalue weighted by Crippen LogP contribution is 2.32. The van der Waals surface area contributed by atoms with Crippen LogP contribution in [0.15, 0.2) is 12.2 Å².